The van der Waals surface area contributed by atoms with Crippen LogP contribution in [0.1, 0.15) is 41.7 Å². The molecule has 2 aliphatic rings. The maximum atomic E-state index is 12.8. The molecule has 2 aliphatic heterocycles. The summed E-state index contributed by atoms with van der Waals surface area (Å²) in [6, 6.07) is 8.56. The predicted octanol–water partition coefficient (Wildman–Crippen LogP) is 0.856. The molecule has 2 unspecified atom stereocenters. The van der Waals surface area contributed by atoms with Gasteiger partial charge >= 0.3 is 0 Å². The first kappa shape index (κ1) is 29.9. The summed E-state index contributed by atoms with van der Waals surface area (Å²) in [5, 5.41) is 23.5. The number of benzene rings is 1. The molecule has 12 heteroatoms. The number of likely N-dealkylation sites (tertiary alicyclic amines) is 2. The maximum absolute atomic E-state index is 12.8. The lowest BCUT2D eigenvalue weighted by Gasteiger charge is -2.32. The molecule has 5 N–H and O–H groups in total. The van der Waals surface area contributed by atoms with E-state index in [9.17, 15) is 24.0 Å². The zero-order chi connectivity index (χ0) is 28.6. The molecule has 0 bridgehead atoms. The van der Waals surface area contributed by atoms with Gasteiger partial charge in [0, 0.05) is 63.7 Å². The molecule has 2 fully saturated rings. The zero-order valence-electron chi connectivity index (χ0n) is 22.8. The number of hydrogen-bond acceptors (Lipinski definition) is 9. The van der Waals surface area contributed by atoms with E-state index >= 15 is 0 Å². The summed E-state index contributed by atoms with van der Waals surface area (Å²) in [5.74, 6) is -0.0973. The lowest BCUT2D eigenvalue weighted by Crippen LogP contribution is -2.45. The average Bonchev–Trinajstić information content (AvgIpc) is 2.96. The van der Waals surface area contributed by atoms with Crippen molar-refractivity contribution >= 4 is 22.6 Å². The number of hydrogen-bond donors (Lipinski definition) is 4. The van der Waals surface area contributed by atoms with Crippen LogP contribution in [0.15, 0.2) is 41.4 Å². The third-order valence-electron chi connectivity index (χ3n) is 7.55. The molecule has 2 saturated heterocycles. The lowest BCUT2D eigenvalue weighted by atomic mass is 9.96. The second-order valence-corrected chi connectivity index (χ2v) is 11.9. The molecule has 1 aromatic carbocycles. The number of nitrogens with one attached hydrogen (secondary N) is 1. The van der Waals surface area contributed by atoms with Crippen molar-refractivity contribution in [3.8, 4) is 11.5 Å². The van der Waals surface area contributed by atoms with Gasteiger partial charge in [0.15, 0.2) is 0 Å². The Kier molecular flexibility index (Phi) is 10.5. The van der Waals surface area contributed by atoms with Gasteiger partial charge in [-0.3, -0.25) is 23.7 Å². The molecule has 2 aromatic rings. The number of nitrogens with zero attached hydrogens (tertiary/aromatic N) is 3. The quantitative estimate of drug-likeness (QED) is 0.306. The fourth-order valence-corrected chi connectivity index (χ4v) is 5.73. The number of carbonyl (C=O) groups is 2. The Bertz CT molecular complexity index is 1180. The van der Waals surface area contributed by atoms with E-state index in [4.69, 9.17) is 10.5 Å². The summed E-state index contributed by atoms with van der Waals surface area (Å²) in [7, 11) is -1.33. The van der Waals surface area contributed by atoms with E-state index < -0.39 is 16.9 Å². The van der Waals surface area contributed by atoms with Crippen LogP contribution in [0.5, 0.6) is 11.5 Å². The van der Waals surface area contributed by atoms with Gasteiger partial charge < -0.3 is 30.9 Å². The molecule has 4 rings (SSSR count). The second kappa shape index (κ2) is 14.0. The monoisotopic (exact) mass is 573 g/mol. The van der Waals surface area contributed by atoms with Crippen LogP contribution in [0, 0.1) is 5.92 Å². The number of ether oxygens (including phenoxy) is 1. The van der Waals surface area contributed by atoms with Crippen LogP contribution in [0.25, 0.3) is 0 Å². The van der Waals surface area contributed by atoms with Gasteiger partial charge in [0.05, 0.1) is 27.0 Å². The number of aliphatic hydroxyl groups is 1. The van der Waals surface area contributed by atoms with Gasteiger partial charge in [-0.25, -0.2) is 0 Å². The van der Waals surface area contributed by atoms with Crippen molar-refractivity contribution in [3.05, 3.63) is 47.8 Å². The summed E-state index contributed by atoms with van der Waals surface area (Å²) in [6.07, 6.45) is 5.50. The molecule has 11 nitrogen and oxygen atoms in total. The average molecular weight is 574 g/mol. The minimum Gasteiger partial charge on any atom is -0.507 e. The number of primary amides is 1. The van der Waals surface area contributed by atoms with Crippen molar-refractivity contribution in [1.82, 2.24) is 20.1 Å². The number of aliphatic hydroxyl groups excluding tert-OH is 1. The summed E-state index contributed by atoms with van der Waals surface area (Å²) < 4.78 is 17.3. The van der Waals surface area contributed by atoms with E-state index in [2.05, 4.69) is 15.2 Å². The van der Waals surface area contributed by atoms with Crippen molar-refractivity contribution in [2.24, 2.45) is 11.7 Å². The summed E-state index contributed by atoms with van der Waals surface area (Å²) in [5.41, 5.74) is 6.85. The van der Waals surface area contributed by atoms with E-state index in [1.54, 1.807) is 17.2 Å². The minimum absolute atomic E-state index is 0.0420. The van der Waals surface area contributed by atoms with Crippen LogP contribution in [0.4, 0.5) is 0 Å². The standard InChI is InChI=1S/C28H39N5O6S/c1-40(38)26-14-24(4-5-25(26)35)39-18-23(34)16-31-21-8-10-32(11-9-21)17-22-3-2-20(15-30-22)28(37)33-12-6-19(7-13-33)27(29)36/h2-5,14-15,19,21,23,31,34-35H,6-13,16-18H2,1H3,(H2,29,36). The van der Waals surface area contributed by atoms with Gasteiger partial charge in [-0.15, -0.1) is 0 Å². The number of aromatic hydroxyl groups is 1. The lowest BCUT2D eigenvalue weighted by molar-refractivity contribution is -0.123. The van der Waals surface area contributed by atoms with E-state index in [-0.39, 0.29) is 30.1 Å². The van der Waals surface area contributed by atoms with E-state index in [1.165, 1.54) is 18.4 Å². The third-order valence-corrected chi connectivity index (χ3v) is 8.50. The number of aromatic nitrogens is 1. The van der Waals surface area contributed by atoms with Gasteiger partial charge in [0.1, 0.15) is 24.2 Å². The zero-order valence-corrected chi connectivity index (χ0v) is 23.6. The highest BCUT2D eigenvalue weighted by molar-refractivity contribution is 7.84. The molecule has 0 aliphatic carbocycles. The maximum Gasteiger partial charge on any atom is 0.255 e. The van der Waals surface area contributed by atoms with E-state index in [0.29, 0.717) is 61.3 Å². The van der Waals surface area contributed by atoms with Gasteiger partial charge in [-0.2, -0.15) is 0 Å². The van der Waals surface area contributed by atoms with Crippen molar-refractivity contribution in [2.45, 2.75) is 49.3 Å². The van der Waals surface area contributed by atoms with Crippen LogP contribution >= 0.6 is 0 Å². The highest BCUT2D eigenvalue weighted by Crippen LogP contribution is 2.25. The highest BCUT2D eigenvalue weighted by Gasteiger charge is 2.27. The molecule has 40 heavy (non-hydrogen) atoms. The molecule has 3 heterocycles. The van der Waals surface area contributed by atoms with Crippen LogP contribution in [0.3, 0.4) is 0 Å². The number of piperidine rings is 2. The number of amides is 2. The largest absolute Gasteiger partial charge is 0.507 e. The summed E-state index contributed by atoms with van der Waals surface area (Å²) in [6.45, 7) is 4.04. The van der Waals surface area contributed by atoms with Gasteiger partial charge in [-0.05, 0) is 56.0 Å². The van der Waals surface area contributed by atoms with Gasteiger partial charge in [0.25, 0.3) is 5.91 Å². The van der Waals surface area contributed by atoms with Crippen molar-refractivity contribution in [2.75, 3.05) is 45.6 Å². The Morgan fingerprint density at radius 1 is 1.15 bits per heavy atom. The SMILES string of the molecule is CS(=O)c1cc(OCC(O)CNC2CCN(Cc3ccc(C(=O)N4CCC(C(N)=O)CC4)cn3)CC2)ccc1O. The van der Waals surface area contributed by atoms with Crippen molar-refractivity contribution < 1.29 is 28.7 Å². The van der Waals surface area contributed by atoms with Crippen LogP contribution < -0.4 is 15.8 Å². The molecule has 218 valence electrons. The smallest absolute Gasteiger partial charge is 0.255 e. The number of nitrogens with two attached hydrogens (primary N) is 1. The van der Waals surface area contributed by atoms with Crippen LogP contribution in [-0.2, 0) is 22.1 Å². The molecule has 2 amide bonds. The predicted molar refractivity (Wildman–Crippen MR) is 150 cm³/mol. The number of phenolic OH excluding ortho intramolecular Hbond substituents is 1. The fourth-order valence-electron chi connectivity index (χ4n) is 5.09. The molecule has 0 radical (unpaired) electrons. The molecular weight excluding hydrogens is 534 g/mol. The molecule has 2 atom stereocenters. The van der Waals surface area contributed by atoms with E-state index in [0.717, 1.165) is 31.6 Å². The van der Waals surface area contributed by atoms with Gasteiger partial charge in [-0.1, -0.05) is 0 Å². The van der Waals surface area contributed by atoms with Gasteiger partial charge in [0.2, 0.25) is 5.91 Å². The first-order valence-electron chi connectivity index (χ1n) is 13.7. The number of pyridine rings is 1. The Balaban J connectivity index is 1.14. The fraction of sp³-hybridized carbons (Fsp3) is 0.536. The first-order chi connectivity index (χ1) is 19.2. The highest BCUT2D eigenvalue weighted by atomic mass is 32.2. The third kappa shape index (κ3) is 8.23. The second-order valence-electron chi connectivity index (χ2n) is 10.5. The number of phenols is 1. The first-order valence-corrected chi connectivity index (χ1v) is 15.2. The normalized spacial score (nSPS) is 18.8. The Hall–Kier alpha value is -3.06. The topological polar surface area (TPSA) is 158 Å². The molecule has 0 spiro atoms. The summed E-state index contributed by atoms with van der Waals surface area (Å²) >= 11 is 0. The Morgan fingerprint density at radius 3 is 2.50 bits per heavy atom. The van der Waals surface area contributed by atoms with Crippen molar-refractivity contribution in [1.29, 1.82) is 0 Å². The van der Waals surface area contributed by atoms with Crippen LogP contribution in [-0.4, -0.2) is 98.8 Å². The number of rotatable bonds is 11. The summed E-state index contributed by atoms with van der Waals surface area (Å²) in [4.78, 5) is 33.1. The van der Waals surface area contributed by atoms with Crippen LogP contribution in [0.2, 0.25) is 0 Å². The number of carbonyl (C=O) groups excluding carboxylic acids is 2. The molecular formula is C28H39N5O6S. The molecule has 0 saturated carbocycles. The Labute approximate surface area is 237 Å². The Morgan fingerprint density at radius 2 is 1.88 bits per heavy atom. The van der Waals surface area contributed by atoms with E-state index in [1.807, 2.05) is 12.1 Å². The molecule has 1 aromatic heterocycles. The minimum atomic E-state index is -1.33. The van der Waals surface area contributed by atoms with Crippen molar-refractivity contribution in [3.63, 3.8) is 0 Å².